The van der Waals surface area contributed by atoms with Crippen molar-refractivity contribution in [3.8, 4) is 5.75 Å². The highest BCUT2D eigenvalue weighted by atomic mass is 79.9. The molecule has 0 aliphatic heterocycles. The predicted octanol–water partition coefficient (Wildman–Crippen LogP) is 2.11. The maximum Gasteiger partial charge on any atom is 0.319 e. The number of hydrogen-bond donors (Lipinski definition) is 3. The molecule has 1 rings (SSSR count). The van der Waals surface area contributed by atoms with Crippen molar-refractivity contribution in [3.63, 3.8) is 0 Å². The van der Waals surface area contributed by atoms with Gasteiger partial charge >= 0.3 is 6.03 Å². The van der Waals surface area contributed by atoms with E-state index in [2.05, 4.69) is 31.9 Å². The summed E-state index contributed by atoms with van der Waals surface area (Å²) in [7, 11) is 0. The van der Waals surface area contributed by atoms with E-state index in [9.17, 15) is 9.59 Å². The van der Waals surface area contributed by atoms with E-state index < -0.39 is 0 Å². The first-order valence-corrected chi connectivity index (χ1v) is 7.04. The molecule has 0 spiro atoms. The Hall–Kier alpha value is -1.76. The number of halogens is 1. The molecule has 0 atom stereocenters. The van der Waals surface area contributed by atoms with Gasteiger partial charge in [-0.05, 0) is 41.1 Å². The van der Waals surface area contributed by atoms with Crippen LogP contribution < -0.4 is 20.7 Å². The first kappa shape index (κ1) is 16.3. The number of carbonyl (C=O) groups is 2. The minimum absolute atomic E-state index is 0.123. The van der Waals surface area contributed by atoms with E-state index in [0.29, 0.717) is 25.4 Å². The zero-order chi connectivity index (χ0) is 15.0. The van der Waals surface area contributed by atoms with Gasteiger partial charge in [0.1, 0.15) is 5.75 Å². The van der Waals surface area contributed by atoms with E-state index in [4.69, 9.17) is 4.74 Å². The Kier molecular flexibility index (Phi) is 6.86. The van der Waals surface area contributed by atoms with Gasteiger partial charge in [0.2, 0.25) is 5.91 Å². The van der Waals surface area contributed by atoms with Crippen LogP contribution in [0.3, 0.4) is 0 Å². The monoisotopic (exact) mass is 343 g/mol. The number of urea groups is 1. The predicted molar refractivity (Wildman–Crippen MR) is 81.0 cm³/mol. The maximum atomic E-state index is 11.6. The van der Waals surface area contributed by atoms with Gasteiger partial charge in [-0.25, -0.2) is 4.79 Å². The Balaban J connectivity index is 2.42. The normalized spacial score (nSPS) is 9.75. The van der Waals surface area contributed by atoms with Crippen molar-refractivity contribution in [1.82, 2.24) is 10.6 Å². The van der Waals surface area contributed by atoms with Crippen molar-refractivity contribution in [2.24, 2.45) is 0 Å². The van der Waals surface area contributed by atoms with Crippen molar-refractivity contribution < 1.29 is 14.3 Å². The van der Waals surface area contributed by atoms with Gasteiger partial charge < -0.3 is 20.7 Å². The van der Waals surface area contributed by atoms with Gasteiger partial charge in [-0.15, -0.1) is 0 Å². The molecule has 20 heavy (non-hydrogen) atoms. The molecule has 3 N–H and O–H groups in total. The molecule has 0 unspecified atom stereocenters. The summed E-state index contributed by atoms with van der Waals surface area (Å²) in [5, 5.41) is 7.92. The fourth-order valence-corrected chi connectivity index (χ4v) is 1.93. The van der Waals surface area contributed by atoms with Crippen molar-refractivity contribution in [1.29, 1.82) is 0 Å². The summed E-state index contributed by atoms with van der Waals surface area (Å²) >= 11 is 3.37. The quantitative estimate of drug-likeness (QED) is 0.692. The topological polar surface area (TPSA) is 79.5 Å². The molecule has 0 heterocycles. The van der Waals surface area contributed by atoms with E-state index in [1.807, 2.05) is 6.92 Å². The molecule has 1 aromatic rings. The molecular weight excluding hydrogens is 326 g/mol. The van der Waals surface area contributed by atoms with Crippen LogP contribution in [0, 0.1) is 0 Å². The number of anilines is 1. The largest absolute Gasteiger partial charge is 0.493 e. The fourth-order valence-electron chi connectivity index (χ4n) is 1.44. The summed E-state index contributed by atoms with van der Waals surface area (Å²) < 4.78 is 6.16. The Morgan fingerprint density at radius 3 is 2.55 bits per heavy atom. The minimum atomic E-state index is -0.327. The van der Waals surface area contributed by atoms with E-state index in [1.165, 1.54) is 6.92 Å². The molecule has 0 saturated heterocycles. The highest BCUT2D eigenvalue weighted by molar-refractivity contribution is 9.10. The van der Waals surface area contributed by atoms with Crippen molar-refractivity contribution >= 4 is 33.6 Å². The lowest BCUT2D eigenvalue weighted by molar-refractivity contribution is -0.118. The summed E-state index contributed by atoms with van der Waals surface area (Å²) in [6.45, 7) is 4.67. The zero-order valence-corrected chi connectivity index (χ0v) is 13.0. The Labute approximate surface area is 126 Å². The standard InChI is InChI=1S/C13H18BrN3O3/c1-3-20-12-5-4-10(8-11(12)14)17-13(19)16-7-6-15-9(2)18/h4-5,8H,3,6-7H2,1-2H3,(H,15,18)(H2,16,17,19). The van der Waals surface area contributed by atoms with Crippen LogP contribution in [0.5, 0.6) is 5.75 Å². The molecule has 0 bridgehead atoms. The number of carbonyl (C=O) groups excluding carboxylic acids is 2. The van der Waals surface area contributed by atoms with Gasteiger partial charge in [-0.1, -0.05) is 0 Å². The van der Waals surface area contributed by atoms with Crippen molar-refractivity contribution in [2.45, 2.75) is 13.8 Å². The molecule has 0 aliphatic carbocycles. The number of nitrogens with one attached hydrogen (secondary N) is 3. The summed E-state index contributed by atoms with van der Waals surface area (Å²) in [6, 6.07) is 4.97. The highest BCUT2D eigenvalue weighted by Gasteiger charge is 2.05. The first-order valence-electron chi connectivity index (χ1n) is 6.24. The lowest BCUT2D eigenvalue weighted by Gasteiger charge is -2.10. The molecule has 0 aromatic heterocycles. The fraction of sp³-hybridized carbons (Fsp3) is 0.385. The maximum absolute atomic E-state index is 11.6. The van der Waals surface area contributed by atoms with Crippen LogP contribution in [0.25, 0.3) is 0 Å². The molecule has 3 amide bonds. The summed E-state index contributed by atoms with van der Waals surface area (Å²) in [6.07, 6.45) is 0. The second-order valence-electron chi connectivity index (χ2n) is 3.94. The second kappa shape index (κ2) is 8.42. The van der Waals surface area contributed by atoms with Crippen LogP contribution in [-0.2, 0) is 4.79 Å². The van der Waals surface area contributed by atoms with Crippen LogP contribution in [-0.4, -0.2) is 31.6 Å². The third kappa shape index (κ3) is 5.92. The SMILES string of the molecule is CCOc1ccc(NC(=O)NCCNC(C)=O)cc1Br. The van der Waals surface area contributed by atoms with Gasteiger partial charge in [0.25, 0.3) is 0 Å². The molecule has 0 aliphatic rings. The Bertz CT molecular complexity index is 480. The van der Waals surface area contributed by atoms with Gasteiger partial charge in [-0.3, -0.25) is 4.79 Å². The average Bonchev–Trinajstić information content (AvgIpc) is 2.38. The van der Waals surface area contributed by atoms with E-state index in [-0.39, 0.29) is 11.9 Å². The minimum Gasteiger partial charge on any atom is -0.493 e. The highest BCUT2D eigenvalue weighted by Crippen LogP contribution is 2.27. The molecule has 0 radical (unpaired) electrons. The van der Waals surface area contributed by atoms with E-state index >= 15 is 0 Å². The number of rotatable bonds is 6. The Morgan fingerprint density at radius 2 is 1.95 bits per heavy atom. The van der Waals surface area contributed by atoms with Gasteiger partial charge in [0, 0.05) is 25.7 Å². The van der Waals surface area contributed by atoms with Gasteiger partial charge in [-0.2, -0.15) is 0 Å². The van der Waals surface area contributed by atoms with Gasteiger partial charge in [0.15, 0.2) is 0 Å². The molecule has 7 heteroatoms. The van der Waals surface area contributed by atoms with Crippen LogP contribution in [0.1, 0.15) is 13.8 Å². The number of benzene rings is 1. The number of amides is 3. The average molecular weight is 344 g/mol. The third-order valence-electron chi connectivity index (χ3n) is 2.27. The van der Waals surface area contributed by atoms with Crippen LogP contribution in [0.4, 0.5) is 10.5 Å². The number of hydrogen-bond acceptors (Lipinski definition) is 3. The van der Waals surface area contributed by atoms with E-state index in [0.717, 1.165) is 10.2 Å². The van der Waals surface area contributed by atoms with Crippen LogP contribution >= 0.6 is 15.9 Å². The molecule has 0 saturated carbocycles. The van der Waals surface area contributed by atoms with Crippen molar-refractivity contribution in [2.75, 3.05) is 25.0 Å². The van der Waals surface area contributed by atoms with Crippen LogP contribution in [0.15, 0.2) is 22.7 Å². The van der Waals surface area contributed by atoms with Crippen LogP contribution in [0.2, 0.25) is 0 Å². The molecule has 6 nitrogen and oxygen atoms in total. The number of ether oxygens (including phenoxy) is 1. The van der Waals surface area contributed by atoms with E-state index in [1.54, 1.807) is 18.2 Å². The lowest BCUT2D eigenvalue weighted by atomic mass is 10.3. The smallest absolute Gasteiger partial charge is 0.319 e. The van der Waals surface area contributed by atoms with Gasteiger partial charge in [0.05, 0.1) is 11.1 Å². The summed E-state index contributed by atoms with van der Waals surface area (Å²) in [5.74, 6) is 0.603. The summed E-state index contributed by atoms with van der Waals surface area (Å²) in [5.41, 5.74) is 0.650. The molecule has 0 fully saturated rings. The van der Waals surface area contributed by atoms with Crippen molar-refractivity contribution in [3.05, 3.63) is 22.7 Å². The molecule has 110 valence electrons. The lowest BCUT2D eigenvalue weighted by Crippen LogP contribution is -2.36. The second-order valence-corrected chi connectivity index (χ2v) is 4.80. The third-order valence-corrected chi connectivity index (χ3v) is 2.89. The Morgan fingerprint density at radius 1 is 1.25 bits per heavy atom. The zero-order valence-electron chi connectivity index (χ0n) is 11.5. The molecule has 1 aromatic carbocycles. The first-order chi connectivity index (χ1) is 9.52. The summed E-state index contributed by atoms with van der Waals surface area (Å²) in [4.78, 5) is 22.2. The molecular formula is C13H18BrN3O3.